The Bertz CT molecular complexity index is 634. The highest BCUT2D eigenvalue weighted by Crippen LogP contribution is 2.31. The summed E-state index contributed by atoms with van der Waals surface area (Å²) in [5.74, 6) is -0.366. The number of esters is 1. The zero-order chi connectivity index (χ0) is 14.5. The number of aromatic nitrogens is 1. The molecule has 0 saturated carbocycles. The van der Waals surface area contributed by atoms with Crippen molar-refractivity contribution in [2.45, 2.75) is 13.3 Å². The summed E-state index contributed by atoms with van der Waals surface area (Å²) in [5, 5.41) is 11.1. The van der Waals surface area contributed by atoms with Crippen LogP contribution in [-0.2, 0) is 16.0 Å². The highest BCUT2D eigenvalue weighted by atomic mass is 16.6. The lowest BCUT2D eigenvalue weighted by Crippen LogP contribution is -2.08. The maximum absolute atomic E-state index is 11.5. The van der Waals surface area contributed by atoms with Crippen molar-refractivity contribution < 1.29 is 14.5 Å². The fourth-order valence-electron chi connectivity index (χ4n) is 2.02. The first-order chi connectivity index (χ1) is 9.63. The average Bonchev–Trinajstić information content (AvgIpc) is 2.86. The van der Waals surface area contributed by atoms with E-state index in [0.717, 1.165) is 0 Å². The Kier molecular flexibility index (Phi) is 4.14. The van der Waals surface area contributed by atoms with Crippen molar-refractivity contribution in [3.63, 3.8) is 0 Å². The van der Waals surface area contributed by atoms with Gasteiger partial charge in [0.25, 0.3) is 5.69 Å². The first-order valence-corrected chi connectivity index (χ1v) is 6.19. The van der Waals surface area contributed by atoms with Gasteiger partial charge in [0.1, 0.15) is 0 Å². The van der Waals surface area contributed by atoms with E-state index in [1.165, 1.54) is 6.07 Å². The summed E-state index contributed by atoms with van der Waals surface area (Å²) in [7, 11) is 0. The van der Waals surface area contributed by atoms with Crippen molar-refractivity contribution in [3.8, 4) is 11.1 Å². The molecule has 6 nitrogen and oxygen atoms in total. The number of H-pyrrole nitrogens is 1. The second-order valence-electron chi connectivity index (χ2n) is 4.13. The van der Waals surface area contributed by atoms with Crippen LogP contribution >= 0.6 is 0 Å². The number of nitrogens with zero attached hydrogens (tertiary/aromatic N) is 1. The number of para-hydroxylation sites is 1. The van der Waals surface area contributed by atoms with E-state index < -0.39 is 4.92 Å². The second-order valence-corrected chi connectivity index (χ2v) is 4.13. The van der Waals surface area contributed by atoms with Crippen molar-refractivity contribution in [1.82, 2.24) is 4.98 Å². The van der Waals surface area contributed by atoms with Gasteiger partial charge in [0.15, 0.2) is 0 Å². The van der Waals surface area contributed by atoms with Gasteiger partial charge in [-0.15, -0.1) is 0 Å². The van der Waals surface area contributed by atoms with Crippen molar-refractivity contribution in [2.75, 3.05) is 6.61 Å². The Morgan fingerprint density at radius 3 is 2.75 bits per heavy atom. The lowest BCUT2D eigenvalue weighted by Gasteiger charge is -2.05. The third-order valence-electron chi connectivity index (χ3n) is 2.85. The number of nitro groups is 1. The van der Waals surface area contributed by atoms with Crippen LogP contribution in [0, 0.1) is 10.1 Å². The van der Waals surface area contributed by atoms with Gasteiger partial charge in [-0.3, -0.25) is 14.9 Å². The SMILES string of the molecule is CCOC(=O)Cc1[nH]ccc1-c1ccccc1[N+](=O)[O-]. The molecule has 2 rings (SSSR count). The number of hydrogen-bond acceptors (Lipinski definition) is 4. The van der Waals surface area contributed by atoms with Crippen LogP contribution in [-0.4, -0.2) is 22.5 Å². The highest BCUT2D eigenvalue weighted by Gasteiger charge is 2.19. The summed E-state index contributed by atoms with van der Waals surface area (Å²) in [5.41, 5.74) is 1.75. The first kappa shape index (κ1) is 13.8. The minimum absolute atomic E-state index is 0.0113. The summed E-state index contributed by atoms with van der Waals surface area (Å²) in [6, 6.07) is 8.16. The van der Waals surface area contributed by atoms with Crippen LogP contribution in [0.5, 0.6) is 0 Å². The van der Waals surface area contributed by atoms with Crippen LogP contribution in [0.25, 0.3) is 11.1 Å². The third kappa shape index (κ3) is 2.85. The molecule has 0 fully saturated rings. The Hall–Kier alpha value is -2.63. The van der Waals surface area contributed by atoms with Gasteiger partial charge in [-0.05, 0) is 19.1 Å². The molecule has 0 radical (unpaired) electrons. The van der Waals surface area contributed by atoms with Crippen LogP contribution in [0.2, 0.25) is 0 Å². The van der Waals surface area contributed by atoms with Gasteiger partial charge >= 0.3 is 5.97 Å². The van der Waals surface area contributed by atoms with E-state index in [4.69, 9.17) is 4.74 Å². The molecule has 0 saturated heterocycles. The molecule has 6 heteroatoms. The lowest BCUT2D eigenvalue weighted by molar-refractivity contribution is -0.384. The Balaban J connectivity index is 2.37. The number of nitrogens with one attached hydrogen (secondary N) is 1. The summed E-state index contributed by atoms with van der Waals surface area (Å²) in [6.45, 7) is 2.04. The minimum atomic E-state index is -0.434. The molecule has 0 atom stereocenters. The molecule has 20 heavy (non-hydrogen) atoms. The Labute approximate surface area is 115 Å². The molecule has 0 spiro atoms. The van der Waals surface area contributed by atoms with Crippen LogP contribution in [0.15, 0.2) is 36.5 Å². The maximum Gasteiger partial charge on any atom is 0.311 e. The largest absolute Gasteiger partial charge is 0.466 e. The lowest BCUT2D eigenvalue weighted by atomic mass is 10.0. The summed E-state index contributed by atoms with van der Waals surface area (Å²) < 4.78 is 4.89. The summed E-state index contributed by atoms with van der Waals surface area (Å²) >= 11 is 0. The van der Waals surface area contributed by atoms with E-state index in [-0.39, 0.29) is 18.1 Å². The quantitative estimate of drug-likeness (QED) is 0.516. The van der Waals surface area contributed by atoms with Gasteiger partial charge in [0.2, 0.25) is 0 Å². The normalized spacial score (nSPS) is 10.2. The number of carbonyl (C=O) groups is 1. The molecule has 1 N–H and O–H groups in total. The second kappa shape index (κ2) is 6.01. The monoisotopic (exact) mass is 274 g/mol. The zero-order valence-electron chi connectivity index (χ0n) is 11.0. The van der Waals surface area contributed by atoms with Gasteiger partial charge in [-0.2, -0.15) is 0 Å². The van der Waals surface area contributed by atoms with Gasteiger partial charge in [0, 0.05) is 23.5 Å². The molecular weight excluding hydrogens is 260 g/mol. The molecule has 0 aliphatic heterocycles. The van der Waals surface area contributed by atoms with Gasteiger partial charge in [0.05, 0.1) is 23.5 Å². The first-order valence-electron chi connectivity index (χ1n) is 6.19. The molecule has 0 amide bonds. The van der Waals surface area contributed by atoms with E-state index >= 15 is 0 Å². The number of carbonyl (C=O) groups excluding carboxylic acids is 1. The summed E-state index contributed by atoms with van der Waals surface area (Å²) in [4.78, 5) is 25.1. The Morgan fingerprint density at radius 2 is 2.05 bits per heavy atom. The standard InChI is InChI=1S/C14H14N2O4/c1-2-20-14(17)9-12-10(7-8-15-12)11-5-3-4-6-13(11)16(18)19/h3-8,15H,2,9H2,1H3. The number of rotatable bonds is 5. The van der Waals surface area contributed by atoms with Crippen LogP contribution in [0.1, 0.15) is 12.6 Å². The number of benzene rings is 1. The number of hydrogen-bond donors (Lipinski definition) is 1. The zero-order valence-corrected chi connectivity index (χ0v) is 11.0. The highest BCUT2D eigenvalue weighted by molar-refractivity contribution is 5.80. The smallest absolute Gasteiger partial charge is 0.311 e. The van der Waals surface area contributed by atoms with Crippen molar-refractivity contribution >= 4 is 11.7 Å². The number of nitro benzene ring substituents is 1. The van der Waals surface area contributed by atoms with Crippen molar-refractivity contribution in [1.29, 1.82) is 0 Å². The van der Waals surface area contributed by atoms with Crippen molar-refractivity contribution in [3.05, 3.63) is 52.3 Å². The van der Waals surface area contributed by atoms with Gasteiger partial charge in [-0.25, -0.2) is 0 Å². The third-order valence-corrected chi connectivity index (χ3v) is 2.85. The number of aromatic amines is 1. The van der Waals surface area contributed by atoms with E-state index in [2.05, 4.69) is 4.98 Å². The van der Waals surface area contributed by atoms with Gasteiger partial charge < -0.3 is 9.72 Å². The topological polar surface area (TPSA) is 85.2 Å². The molecular formula is C14H14N2O4. The average molecular weight is 274 g/mol. The molecule has 2 aromatic rings. The fraction of sp³-hybridized carbons (Fsp3) is 0.214. The van der Waals surface area contributed by atoms with E-state index in [1.54, 1.807) is 37.4 Å². The minimum Gasteiger partial charge on any atom is -0.466 e. The van der Waals surface area contributed by atoms with Crippen LogP contribution < -0.4 is 0 Å². The van der Waals surface area contributed by atoms with E-state index in [1.807, 2.05) is 0 Å². The molecule has 104 valence electrons. The predicted molar refractivity (Wildman–Crippen MR) is 73.2 cm³/mol. The van der Waals surface area contributed by atoms with Crippen molar-refractivity contribution in [2.24, 2.45) is 0 Å². The molecule has 0 aliphatic rings. The van der Waals surface area contributed by atoms with Crippen LogP contribution in [0.3, 0.4) is 0 Å². The van der Waals surface area contributed by atoms with Gasteiger partial charge in [-0.1, -0.05) is 12.1 Å². The molecule has 0 unspecified atom stereocenters. The van der Waals surface area contributed by atoms with E-state index in [9.17, 15) is 14.9 Å². The van der Waals surface area contributed by atoms with E-state index in [0.29, 0.717) is 23.4 Å². The summed E-state index contributed by atoms with van der Waals surface area (Å²) in [6.07, 6.45) is 1.71. The molecule has 1 heterocycles. The fourth-order valence-corrected chi connectivity index (χ4v) is 2.02. The molecule has 1 aromatic heterocycles. The Morgan fingerprint density at radius 1 is 1.30 bits per heavy atom. The number of ether oxygens (including phenoxy) is 1. The maximum atomic E-state index is 11.5. The predicted octanol–water partition coefficient (Wildman–Crippen LogP) is 2.70. The molecule has 0 aliphatic carbocycles. The molecule has 0 bridgehead atoms. The van der Waals surface area contributed by atoms with Crippen LogP contribution in [0.4, 0.5) is 5.69 Å². The molecule has 1 aromatic carbocycles.